The lowest BCUT2D eigenvalue weighted by molar-refractivity contribution is -0.117. The van der Waals surface area contributed by atoms with Crippen molar-refractivity contribution in [3.05, 3.63) is 50.6 Å². The Morgan fingerprint density at radius 2 is 1.97 bits per heavy atom. The van der Waals surface area contributed by atoms with Crippen LogP contribution in [0.1, 0.15) is 39.7 Å². The largest absolute Gasteiger partial charge is 0.365 e. The second kappa shape index (κ2) is 9.87. The quantitative estimate of drug-likeness (QED) is 0.665. The monoisotopic (exact) mass is 478 g/mol. The molecular weight excluding hydrogens is 451 g/mol. The predicted octanol–water partition coefficient (Wildman–Crippen LogP) is 3.52. The second-order valence-electron chi connectivity index (χ2n) is 8.77. The van der Waals surface area contributed by atoms with E-state index in [2.05, 4.69) is 22.0 Å². The number of amides is 2. The molecule has 1 aromatic heterocycles. The van der Waals surface area contributed by atoms with Crippen molar-refractivity contribution in [1.29, 1.82) is 0 Å². The Morgan fingerprint density at radius 1 is 1.25 bits per heavy atom. The van der Waals surface area contributed by atoms with Crippen LogP contribution in [0.25, 0.3) is 0 Å². The van der Waals surface area contributed by atoms with Crippen LogP contribution in [0, 0.1) is 11.7 Å². The molecule has 2 aliphatic rings. The van der Waals surface area contributed by atoms with Crippen molar-refractivity contribution in [3.8, 4) is 0 Å². The number of nitrogens with two attached hydrogens (primary N) is 1. The van der Waals surface area contributed by atoms with Gasteiger partial charge in [-0.3, -0.25) is 19.4 Å². The van der Waals surface area contributed by atoms with E-state index in [0.29, 0.717) is 23.0 Å². The van der Waals surface area contributed by atoms with E-state index < -0.39 is 11.7 Å². The van der Waals surface area contributed by atoms with Crippen molar-refractivity contribution in [2.45, 2.75) is 32.7 Å². The van der Waals surface area contributed by atoms with Crippen molar-refractivity contribution in [2.24, 2.45) is 11.7 Å². The van der Waals surface area contributed by atoms with Crippen molar-refractivity contribution in [3.63, 3.8) is 0 Å². The summed E-state index contributed by atoms with van der Waals surface area (Å²) in [6, 6.07) is 4.80. The number of nitrogens with one attached hydrogen (secondary N) is 1. The third-order valence-electron chi connectivity index (χ3n) is 6.23. The topological polar surface area (TPSA) is 78.7 Å². The van der Waals surface area contributed by atoms with Gasteiger partial charge in [0.1, 0.15) is 10.8 Å². The van der Waals surface area contributed by atoms with Gasteiger partial charge in [-0.05, 0) is 48.4 Å². The molecule has 1 aromatic carbocycles. The lowest BCUT2D eigenvalue weighted by atomic mass is 9.88. The Hall–Kier alpha value is -2.00. The van der Waals surface area contributed by atoms with Crippen LogP contribution in [0.2, 0.25) is 5.02 Å². The van der Waals surface area contributed by atoms with Crippen molar-refractivity contribution in [1.82, 2.24) is 9.80 Å². The number of piperazine rings is 1. The molecule has 6 nitrogen and oxygen atoms in total. The zero-order valence-corrected chi connectivity index (χ0v) is 19.7. The molecule has 0 radical (unpaired) electrons. The smallest absolute Gasteiger partial charge is 0.251 e. The van der Waals surface area contributed by atoms with Crippen molar-refractivity contribution < 1.29 is 14.0 Å². The molecule has 0 spiro atoms. The van der Waals surface area contributed by atoms with E-state index in [1.54, 1.807) is 12.1 Å². The predicted molar refractivity (Wildman–Crippen MR) is 126 cm³/mol. The molecule has 0 saturated carbocycles. The summed E-state index contributed by atoms with van der Waals surface area (Å²) in [6.07, 6.45) is 2.80. The summed E-state index contributed by atoms with van der Waals surface area (Å²) in [4.78, 5) is 30.3. The molecule has 1 unspecified atom stereocenters. The highest BCUT2D eigenvalue weighted by Crippen LogP contribution is 2.39. The van der Waals surface area contributed by atoms with Gasteiger partial charge in [-0.1, -0.05) is 24.6 Å². The number of fused-ring (bicyclic) bond motifs is 1. The number of carbonyl (C=O) groups is 2. The number of rotatable bonds is 6. The molecule has 32 heavy (non-hydrogen) atoms. The zero-order valence-electron chi connectivity index (χ0n) is 18.1. The highest BCUT2D eigenvalue weighted by atomic mass is 35.5. The maximum absolute atomic E-state index is 13.3. The Kier molecular flexibility index (Phi) is 7.14. The van der Waals surface area contributed by atoms with Crippen LogP contribution < -0.4 is 11.1 Å². The fourth-order valence-electron chi connectivity index (χ4n) is 4.47. The van der Waals surface area contributed by atoms with Crippen LogP contribution in [-0.2, 0) is 24.2 Å². The molecule has 1 fully saturated rings. The van der Waals surface area contributed by atoms with E-state index in [1.165, 1.54) is 22.3 Å². The molecule has 2 amide bonds. The summed E-state index contributed by atoms with van der Waals surface area (Å²) in [7, 11) is 0. The van der Waals surface area contributed by atoms with Crippen LogP contribution in [0.4, 0.5) is 9.39 Å². The molecule has 1 aliphatic carbocycles. The minimum absolute atomic E-state index is 0.127. The number of hydrogen-bond donors (Lipinski definition) is 2. The second-order valence-corrected chi connectivity index (χ2v) is 10.3. The van der Waals surface area contributed by atoms with E-state index in [9.17, 15) is 14.0 Å². The number of anilines is 1. The summed E-state index contributed by atoms with van der Waals surface area (Å²) >= 11 is 7.37. The summed E-state index contributed by atoms with van der Waals surface area (Å²) in [6.45, 7) is 6.29. The number of carbonyl (C=O) groups excluding carboxylic acids is 2. The van der Waals surface area contributed by atoms with Crippen LogP contribution in [0.5, 0.6) is 0 Å². The molecule has 1 atom stereocenters. The SMILES string of the molecule is CC1CCc2c(sc(NC(=O)CN3CCN(Cc4ccc(F)c(Cl)c4)CC3)c2C(N)=O)C1. The minimum Gasteiger partial charge on any atom is -0.365 e. The molecule has 4 rings (SSSR count). The van der Waals surface area contributed by atoms with Crippen LogP contribution in [-0.4, -0.2) is 54.3 Å². The molecule has 9 heteroatoms. The Bertz CT molecular complexity index is 1020. The van der Waals surface area contributed by atoms with Gasteiger partial charge in [0.15, 0.2) is 0 Å². The minimum atomic E-state index is -0.470. The van der Waals surface area contributed by atoms with E-state index in [4.69, 9.17) is 17.3 Å². The zero-order chi connectivity index (χ0) is 22.8. The lowest BCUT2D eigenvalue weighted by Crippen LogP contribution is -2.48. The fourth-order valence-corrected chi connectivity index (χ4v) is 6.11. The molecular formula is C23H28ClFN4O2S. The Labute approximate surface area is 196 Å². The number of primary amides is 1. The van der Waals surface area contributed by atoms with Gasteiger partial charge in [-0.25, -0.2) is 4.39 Å². The third kappa shape index (κ3) is 5.31. The number of thiophene rings is 1. The number of halogens is 2. The summed E-state index contributed by atoms with van der Waals surface area (Å²) in [5.74, 6) is -0.431. The van der Waals surface area contributed by atoms with Gasteiger partial charge in [0.25, 0.3) is 5.91 Å². The van der Waals surface area contributed by atoms with Gasteiger partial charge in [0, 0.05) is 37.6 Å². The lowest BCUT2D eigenvalue weighted by Gasteiger charge is -2.34. The van der Waals surface area contributed by atoms with Crippen LogP contribution in [0.15, 0.2) is 18.2 Å². The standard InChI is InChI=1S/C23H28ClFN4O2S/c1-14-2-4-16-19(10-14)32-23(21(16)22(26)31)27-20(30)13-29-8-6-28(7-9-29)12-15-3-5-18(25)17(24)11-15/h3,5,11,14H,2,4,6-10,12-13H2,1H3,(H2,26,31)(H,27,30). The molecule has 1 aliphatic heterocycles. The molecule has 2 heterocycles. The van der Waals surface area contributed by atoms with E-state index in [1.807, 2.05) is 0 Å². The number of hydrogen-bond acceptors (Lipinski definition) is 5. The maximum atomic E-state index is 13.3. The normalized spacial score (nSPS) is 19.5. The van der Waals surface area contributed by atoms with Crippen LogP contribution in [0.3, 0.4) is 0 Å². The molecule has 0 bridgehead atoms. The molecule has 2 aromatic rings. The first-order chi connectivity index (χ1) is 15.3. The van der Waals surface area contributed by atoms with Gasteiger partial charge in [0.2, 0.25) is 5.91 Å². The van der Waals surface area contributed by atoms with E-state index in [-0.39, 0.29) is 17.5 Å². The van der Waals surface area contributed by atoms with Crippen molar-refractivity contribution in [2.75, 3.05) is 38.0 Å². The Morgan fingerprint density at radius 3 is 2.66 bits per heavy atom. The van der Waals surface area contributed by atoms with Gasteiger partial charge in [-0.15, -0.1) is 11.3 Å². The molecule has 1 saturated heterocycles. The van der Waals surface area contributed by atoms with Crippen molar-refractivity contribution >= 4 is 39.8 Å². The van der Waals surface area contributed by atoms with E-state index >= 15 is 0 Å². The summed E-state index contributed by atoms with van der Waals surface area (Å²) in [5, 5.41) is 3.68. The Balaban J connectivity index is 1.31. The average Bonchev–Trinajstić information content (AvgIpc) is 3.09. The van der Waals surface area contributed by atoms with Gasteiger partial charge in [-0.2, -0.15) is 0 Å². The first-order valence-electron chi connectivity index (χ1n) is 10.9. The summed E-state index contributed by atoms with van der Waals surface area (Å²) in [5.41, 5.74) is 8.13. The highest BCUT2D eigenvalue weighted by molar-refractivity contribution is 7.17. The first kappa shape index (κ1) is 23.2. The molecule has 3 N–H and O–H groups in total. The van der Waals surface area contributed by atoms with Gasteiger partial charge < -0.3 is 11.1 Å². The average molecular weight is 479 g/mol. The van der Waals surface area contributed by atoms with Crippen LogP contribution >= 0.6 is 22.9 Å². The van der Waals surface area contributed by atoms with Gasteiger partial charge in [0.05, 0.1) is 17.1 Å². The number of benzene rings is 1. The first-order valence-corrected chi connectivity index (χ1v) is 12.1. The van der Waals surface area contributed by atoms with Gasteiger partial charge >= 0.3 is 0 Å². The maximum Gasteiger partial charge on any atom is 0.251 e. The number of nitrogens with zero attached hydrogens (tertiary/aromatic N) is 2. The van der Waals surface area contributed by atoms with E-state index in [0.717, 1.165) is 56.6 Å². The fraction of sp³-hybridized carbons (Fsp3) is 0.478. The molecule has 172 valence electrons. The summed E-state index contributed by atoms with van der Waals surface area (Å²) < 4.78 is 13.3. The highest BCUT2D eigenvalue weighted by Gasteiger charge is 2.28. The third-order valence-corrected chi connectivity index (χ3v) is 7.69.